The van der Waals surface area contributed by atoms with Crippen molar-refractivity contribution < 1.29 is 18.4 Å². The summed E-state index contributed by atoms with van der Waals surface area (Å²) in [6.45, 7) is 1.29. The van der Waals surface area contributed by atoms with Crippen LogP contribution < -0.4 is 27.0 Å². The van der Waals surface area contributed by atoms with E-state index in [9.17, 15) is 18.4 Å². The van der Waals surface area contributed by atoms with Crippen molar-refractivity contribution >= 4 is 46.4 Å². The molecule has 0 aliphatic carbocycles. The number of carbonyl (C=O) groups excluding carboxylic acids is 2. The molecule has 2 amide bonds. The van der Waals surface area contributed by atoms with Gasteiger partial charge in [0.25, 0.3) is 5.91 Å². The molecule has 0 saturated carbocycles. The summed E-state index contributed by atoms with van der Waals surface area (Å²) in [6, 6.07) is 4.37. The summed E-state index contributed by atoms with van der Waals surface area (Å²) in [5, 5.41) is 11.7. The van der Waals surface area contributed by atoms with Gasteiger partial charge in [-0.3, -0.25) is 9.59 Å². The van der Waals surface area contributed by atoms with Gasteiger partial charge in [-0.15, -0.1) is 0 Å². The third kappa shape index (κ3) is 4.07. The molecule has 2 aromatic rings. The fourth-order valence-electron chi connectivity index (χ4n) is 4.16. The van der Waals surface area contributed by atoms with Crippen molar-refractivity contribution in [3.8, 4) is 0 Å². The number of hydrogen-bond donors (Lipinski definition) is 5. The summed E-state index contributed by atoms with van der Waals surface area (Å²) >= 11 is 12.5. The van der Waals surface area contributed by atoms with Gasteiger partial charge in [-0.25, -0.2) is 8.78 Å². The highest BCUT2D eigenvalue weighted by molar-refractivity contribution is 6.42. The van der Waals surface area contributed by atoms with Crippen LogP contribution in [0.5, 0.6) is 0 Å². The van der Waals surface area contributed by atoms with E-state index in [1.165, 1.54) is 18.2 Å². The predicted octanol–water partition coefficient (Wildman–Crippen LogP) is 2.77. The smallest absolute Gasteiger partial charge is 0.254 e. The number of hydrogen-bond acceptors (Lipinski definition) is 5. The van der Waals surface area contributed by atoms with Gasteiger partial charge in [0.2, 0.25) is 5.91 Å². The lowest BCUT2D eigenvalue weighted by atomic mass is 9.87. The maximum atomic E-state index is 14.8. The molecule has 4 rings (SSSR count). The predicted molar refractivity (Wildman–Crippen MR) is 119 cm³/mol. The summed E-state index contributed by atoms with van der Waals surface area (Å²) in [6.07, 6.45) is 0.853. The van der Waals surface area contributed by atoms with Crippen molar-refractivity contribution in [1.82, 2.24) is 16.0 Å². The molecule has 32 heavy (non-hydrogen) atoms. The van der Waals surface area contributed by atoms with E-state index in [0.29, 0.717) is 32.5 Å². The van der Waals surface area contributed by atoms with Crippen molar-refractivity contribution in [1.29, 1.82) is 0 Å². The van der Waals surface area contributed by atoms with Gasteiger partial charge in [-0.1, -0.05) is 23.2 Å². The van der Waals surface area contributed by atoms with Crippen LogP contribution in [-0.2, 0) is 10.3 Å². The van der Waals surface area contributed by atoms with Crippen LogP contribution in [-0.4, -0.2) is 37.5 Å². The average Bonchev–Trinajstić information content (AvgIpc) is 3.37. The van der Waals surface area contributed by atoms with Gasteiger partial charge in [0, 0.05) is 24.3 Å². The number of rotatable bonds is 5. The number of carbonyl (C=O) groups is 2. The molecule has 2 heterocycles. The van der Waals surface area contributed by atoms with Gasteiger partial charge in [-0.05, 0) is 43.7 Å². The van der Waals surface area contributed by atoms with E-state index in [4.69, 9.17) is 28.9 Å². The van der Waals surface area contributed by atoms with Gasteiger partial charge in [0.15, 0.2) is 0 Å². The molecule has 2 aromatic carbocycles. The van der Waals surface area contributed by atoms with Crippen LogP contribution >= 0.6 is 23.2 Å². The van der Waals surface area contributed by atoms with Crippen LogP contribution in [0.1, 0.15) is 28.8 Å². The molecule has 0 aromatic heterocycles. The van der Waals surface area contributed by atoms with Crippen LogP contribution in [0.2, 0.25) is 10.0 Å². The van der Waals surface area contributed by atoms with E-state index in [0.717, 1.165) is 6.07 Å². The highest BCUT2D eigenvalue weighted by Gasteiger charge is 2.40. The standard InChI is InChI=1S/C21H21Cl2F2N5O2/c22-12-1-2-13(24)16(17(12)23)21(4-6-27-9-21)30-10-7-11(18(26)14(25)8-10)19(31)29-15-3-5-28-20(15)32/h1-2,7-8,15,27,30H,3-6,9,26H2,(H,28,32)(H,29,31). The molecular formula is C21H21Cl2F2N5O2. The third-order valence-electron chi connectivity index (χ3n) is 5.79. The molecule has 2 atom stereocenters. The second-order valence-corrected chi connectivity index (χ2v) is 8.66. The Balaban J connectivity index is 1.70. The molecule has 11 heteroatoms. The van der Waals surface area contributed by atoms with E-state index >= 15 is 0 Å². The highest BCUT2D eigenvalue weighted by Crippen LogP contribution is 2.41. The van der Waals surface area contributed by atoms with E-state index in [1.807, 2.05) is 0 Å². The molecule has 0 bridgehead atoms. The molecule has 2 unspecified atom stereocenters. The van der Waals surface area contributed by atoms with Gasteiger partial charge < -0.3 is 27.0 Å². The fraction of sp³-hybridized carbons (Fsp3) is 0.333. The Morgan fingerprint density at radius 2 is 1.97 bits per heavy atom. The Labute approximate surface area is 193 Å². The number of anilines is 2. The Morgan fingerprint density at radius 3 is 2.62 bits per heavy atom. The zero-order chi connectivity index (χ0) is 23.0. The van der Waals surface area contributed by atoms with E-state index < -0.39 is 29.1 Å². The Bertz CT molecular complexity index is 1090. The average molecular weight is 484 g/mol. The molecule has 2 fully saturated rings. The van der Waals surface area contributed by atoms with Crippen LogP contribution in [0.3, 0.4) is 0 Å². The lowest BCUT2D eigenvalue weighted by Gasteiger charge is -2.33. The minimum absolute atomic E-state index is 0.0593. The molecule has 2 aliphatic heterocycles. The summed E-state index contributed by atoms with van der Waals surface area (Å²) in [5.41, 5.74) is 4.65. The molecule has 0 radical (unpaired) electrons. The van der Waals surface area contributed by atoms with E-state index in [-0.39, 0.29) is 38.5 Å². The Morgan fingerprint density at radius 1 is 1.19 bits per heavy atom. The fourth-order valence-corrected chi connectivity index (χ4v) is 4.65. The molecule has 0 spiro atoms. The monoisotopic (exact) mass is 483 g/mol. The third-order valence-corrected chi connectivity index (χ3v) is 6.59. The number of nitrogens with one attached hydrogen (secondary N) is 4. The number of benzene rings is 2. The molecule has 2 aliphatic rings. The zero-order valence-corrected chi connectivity index (χ0v) is 18.3. The number of halogens is 4. The van der Waals surface area contributed by atoms with Gasteiger partial charge in [0.1, 0.15) is 17.7 Å². The second-order valence-electron chi connectivity index (χ2n) is 7.88. The summed E-state index contributed by atoms with van der Waals surface area (Å²) in [5.74, 6) is -2.38. The van der Waals surface area contributed by atoms with E-state index in [1.54, 1.807) is 0 Å². The quantitative estimate of drug-likeness (QED) is 0.332. The number of nitrogens with two attached hydrogens (primary N) is 1. The van der Waals surface area contributed by atoms with Crippen LogP contribution in [0.25, 0.3) is 0 Å². The number of nitrogen functional groups attached to an aromatic ring is 1. The van der Waals surface area contributed by atoms with Gasteiger partial charge in [-0.2, -0.15) is 0 Å². The first kappa shape index (κ1) is 22.6. The van der Waals surface area contributed by atoms with Gasteiger partial charge in [0.05, 0.1) is 26.8 Å². The molecular weight excluding hydrogens is 463 g/mol. The van der Waals surface area contributed by atoms with Crippen LogP contribution in [0.15, 0.2) is 24.3 Å². The molecule has 7 nitrogen and oxygen atoms in total. The van der Waals surface area contributed by atoms with Crippen molar-refractivity contribution in [2.24, 2.45) is 0 Å². The SMILES string of the molecule is Nc1c(F)cc(NC2(c3c(F)ccc(Cl)c3Cl)CCNC2)cc1C(=O)NC1CCNC1=O. The first-order valence-electron chi connectivity index (χ1n) is 10.0. The zero-order valence-electron chi connectivity index (χ0n) is 16.8. The number of amides is 2. The summed E-state index contributed by atoms with van der Waals surface area (Å²) < 4.78 is 29.5. The first-order chi connectivity index (χ1) is 15.2. The summed E-state index contributed by atoms with van der Waals surface area (Å²) in [7, 11) is 0. The van der Waals surface area contributed by atoms with Crippen molar-refractivity contribution in [2.75, 3.05) is 30.7 Å². The normalized spacial score (nSPS) is 22.6. The minimum Gasteiger partial charge on any atom is -0.396 e. The maximum absolute atomic E-state index is 14.8. The molecule has 2 saturated heterocycles. The lowest BCUT2D eigenvalue weighted by Crippen LogP contribution is -2.41. The van der Waals surface area contributed by atoms with Crippen LogP contribution in [0.4, 0.5) is 20.2 Å². The lowest BCUT2D eigenvalue weighted by molar-refractivity contribution is -0.120. The minimum atomic E-state index is -1.03. The van der Waals surface area contributed by atoms with Crippen LogP contribution in [0, 0.1) is 11.6 Å². The summed E-state index contributed by atoms with van der Waals surface area (Å²) in [4.78, 5) is 24.5. The Kier molecular flexibility index (Phi) is 6.15. The molecule has 6 N–H and O–H groups in total. The van der Waals surface area contributed by atoms with Gasteiger partial charge >= 0.3 is 0 Å². The van der Waals surface area contributed by atoms with E-state index in [2.05, 4.69) is 21.3 Å². The topological polar surface area (TPSA) is 108 Å². The maximum Gasteiger partial charge on any atom is 0.254 e. The highest BCUT2D eigenvalue weighted by atomic mass is 35.5. The Hall–Kier alpha value is -2.62. The first-order valence-corrected chi connectivity index (χ1v) is 10.8. The largest absolute Gasteiger partial charge is 0.396 e. The molecule has 170 valence electrons. The van der Waals surface area contributed by atoms with Crippen molar-refractivity contribution in [3.63, 3.8) is 0 Å². The van der Waals surface area contributed by atoms with Crippen molar-refractivity contribution in [2.45, 2.75) is 24.4 Å². The van der Waals surface area contributed by atoms with Crippen molar-refractivity contribution in [3.05, 3.63) is 57.1 Å². The second kappa shape index (κ2) is 8.73.